The van der Waals surface area contributed by atoms with E-state index in [1.165, 1.54) is 23.5 Å². The van der Waals surface area contributed by atoms with Crippen molar-refractivity contribution in [1.82, 2.24) is 4.90 Å². The van der Waals surface area contributed by atoms with Crippen LogP contribution in [-0.2, 0) is 19.6 Å². The fourth-order valence-corrected chi connectivity index (χ4v) is 5.62. The summed E-state index contributed by atoms with van der Waals surface area (Å²) in [5, 5.41) is 2.86. The third-order valence-corrected chi connectivity index (χ3v) is 7.92. The van der Waals surface area contributed by atoms with E-state index < -0.39 is 10.0 Å². The van der Waals surface area contributed by atoms with Gasteiger partial charge >= 0.3 is 0 Å². The smallest absolute Gasteiger partial charge is 0.264 e. The number of piperidine rings is 1. The lowest BCUT2D eigenvalue weighted by molar-refractivity contribution is -0.137. The minimum absolute atomic E-state index is 0.0617. The molecule has 0 bridgehead atoms. The Kier molecular flexibility index (Phi) is 8.19. The molecular formula is C25H33N3O5S. The second kappa shape index (κ2) is 10.9. The van der Waals surface area contributed by atoms with Gasteiger partial charge in [0.2, 0.25) is 11.8 Å². The monoisotopic (exact) mass is 487 g/mol. The number of amides is 2. The zero-order valence-electron chi connectivity index (χ0n) is 20.2. The predicted octanol–water partition coefficient (Wildman–Crippen LogP) is 3.74. The second-order valence-corrected chi connectivity index (χ2v) is 10.5. The quantitative estimate of drug-likeness (QED) is 0.612. The lowest BCUT2D eigenvalue weighted by atomic mass is 9.95. The maximum atomic E-state index is 13.4. The Morgan fingerprint density at radius 2 is 1.76 bits per heavy atom. The molecule has 1 aliphatic heterocycles. The molecule has 1 heterocycles. The summed E-state index contributed by atoms with van der Waals surface area (Å²) >= 11 is 0. The lowest BCUT2D eigenvalue weighted by Crippen LogP contribution is -2.43. The van der Waals surface area contributed by atoms with E-state index in [2.05, 4.69) is 5.32 Å². The van der Waals surface area contributed by atoms with Gasteiger partial charge in [-0.25, -0.2) is 8.42 Å². The van der Waals surface area contributed by atoms with E-state index in [4.69, 9.17) is 4.74 Å². The van der Waals surface area contributed by atoms with Gasteiger partial charge in [0.05, 0.1) is 23.4 Å². The molecule has 0 unspecified atom stereocenters. The van der Waals surface area contributed by atoms with E-state index >= 15 is 0 Å². The lowest BCUT2D eigenvalue weighted by Gasteiger charge is -2.32. The first kappa shape index (κ1) is 25.6. The minimum Gasteiger partial charge on any atom is -0.495 e. The first-order chi connectivity index (χ1) is 16.2. The molecule has 1 N–H and O–H groups in total. The average molecular weight is 488 g/mol. The van der Waals surface area contributed by atoms with Crippen molar-refractivity contribution in [3.63, 3.8) is 0 Å². The van der Waals surface area contributed by atoms with E-state index in [-0.39, 0.29) is 35.1 Å². The highest BCUT2D eigenvalue weighted by atomic mass is 32.2. The molecule has 2 aromatic carbocycles. The van der Waals surface area contributed by atoms with Crippen LogP contribution in [0, 0.1) is 11.8 Å². The van der Waals surface area contributed by atoms with E-state index in [0.717, 1.165) is 0 Å². The molecule has 8 nitrogen and oxygen atoms in total. The van der Waals surface area contributed by atoms with Gasteiger partial charge in [-0.3, -0.25) is 13.9 Å². The highest BCUT2D eigenvalue weighted by Crippen LogP contribution is 2.32. The first-order valence-corrected chi connectivity index (χ1v) is 13.0. The Bertz CT molecular complexity index is 1110. The van der Waals surface area contributed by atoms with Crippen molar-refractivity contribution in [2.45, 2.75) is 38.5 Å². The number of ether oxygens (including phenoxy) is 1. The topological polar surface area (TPSA) is 96.0 Å². The molecular weight excluding hydrogens is 454 g/mol. The number of nitrogens with zero attached hydrogens (tertiary/aromatic N) is 2. The predicted molar refractivity (Wildman–Crippen MR) is 132 cm³/mol. The van der Waals surface area contributed by atoms with Crippen molar-refractivity contribution < 1.29 is 22.7 Å². The van der Waals surface area contributed by atoms with Crippen LogP contribution in [-0.4, -0.2) is 51.9 Å². The number of sulfonamides is 1. The van der Waals surface area contributed by atoms with Crippen LogP contribution in [0.15, 0.2) is 53.4 Å². The number of rotatable bonds is 8. The highest BCUT2D eigenvalue weighted by molar-refractivity contribution is 7.92. The van der Waals surface area contributed by atoms with E-state index in [0.29, 0.717) is 43.1 Å². The van der Waals surface area contributed by atoms with Gasteiger partial charge in [0.15, 0.2) is 0 Å². The Hall–Kier alpha value is -3.07. The number of benzene rings is 2. The normalized spacial score (nSPS) is 14.7. The third-order valence-electron chi connectivity index (χ3n) is 6.02. The van der Waals surface area contributed by atoms with Gasteiger partial charge < -0.3 is 15.0 Å². The fraction of sp³-hybridized carbons (Fsp3) is 0.440. The summed E-state index contributed by atoms with van der Waals surface area (Å²) in [6, 6.07) is 13.3. The second-order valence-electron chi connectivity index (χ2n) is 8.61. The molecule has 0 spiro atoms. The van der Waals surface area contributed by atoms with Gasteiger partial charge in [0, 0.05) is 31.5 Å². The van der Waals surface area contributed by atoms with Crippen LogP contribution in [0.1, 0.15) is 33.6 Å². The molecule has 0 radical (unpaired) electrons. The maximum absolute atomic E-state index is 13.4. The molecule has 9 heteroatoms. The summed E-state index contributed by atoms with van der Waals surface area (Å²) in [5.74, 6) is -0.0738. The number of anilines is 2. The molecule has 1 saturated heterocycles. The number of hydrogen-bond donors (Lipinski definition) is 1. The summed E-state index contributed by atoms with van der Waals surface area (Å²) in [6.45, 7) is 6.82. The van der Waals surface area contributed by atoms with Gasteiger partial charge in [-0.1, -0.05) is 32.0 Å². The van der Waals surface area contributed by atoms with Crippen LogP contribution in [0.25, 0.3) is 0 Å². The molecule has 184 valence electrons. The Morgan fingerprint density at radius 1 is 1.12 bits per heavy atom. The van der Waals surface area contributed by atoms with E-state index in [1.807, 2.05) is 19.9 Å². The number of methoxy groups -OCH3 is 1. The van der Waals surface area contributed by atoms with Crippen LogP contribution in [0.4, 0.5) is 11.4 Å². The Morgan fingerprint density at radius 3 is 2.32 bits per heavy atom. The molecule has 3 rings (SSSR count). The van der Waals surface area contributed by atoms with Gasteiger partial charge in [0.1, 0.15) is 5.75 Å². The molecule has 0 saturated carbocycles. The minimum atomic E-state index is -3.86. The average Bonchev–Trinajstić information content (AvgIpc) is 2.84. The van der Waals surface area contributed by atoms with Crippen molar-refractivity contribution in [3.05, 3.63) is 48.5 Å². The van der Waals surface area contributed by atoms with Gasteiger partial charge in [0.25, 0.3) is 10.0 Å². The zero-order valence-corrected chi connectivity index (χ0v) is 21.0. The summed E-state index contributed by atoms with van der Waals surface area (Å²) in [4.78, 5) is 27.1. The molecule has 2 amide bonds. The van der Waals surface area contributed by atoms with Crippen molar-refractivity contribution in [1.29, 1.82) is 0 Å². The molecule has 0 atom stereocenters. The fourth-order valence-electron chi connectivity index (χ4n) is 4.12. The van der Waals surface area contributed by atoms with E-state index in [1.54, 1.807) is 42.2 Å². The number of carbonyl (C=O) groups is 2. The van der Waals surface area contributed by atoms with Gasteiger partial charge in [-0.15, -0.1) is 0 Å². The standard InChI is InChI=1S/C25H33N3O5S/c1-5-28(20-9-7-6-8-10-20)34(31,32)21-11-12-23(33-4)22(17-21)26-24(29)19-13-15-27(16-14-19)25(30)18(2)3/h6-12,17-19H,5,13-16H2,1-4H3,(H,26,29). The van der Waals surface area contributed by atoms with Crippen molar-refractivity contribution in [3.8, 4) is 5.75 Å². The molecule has 0 aromatic heterocycles. The zero-order chi connectivity index (χ0) is 24.9. The number of carbonyl (C=O) groups excluding carboxylic acids is 2. The van der Waals surface area contributed by atoms with E-state index in [9.17, 15) is 18.0 Å². The molecule has 1 aliphatic rings. The van der Waals surface area contributed by atoms with Gasteiger partial charge in [-0.05, 0) is 50.1 Å². The molecule has 2 aromatic rings. The van der Waals surface area contributed by atoms with Crippen molar-refractivity contribution >= 4 is 33.2 Å². The summed E-state index contributed by atoms with van der Waals surface area (Å²) < 4.78 is 33.5. The van der Waals surface area contributed by atoms with Crippen LogP contribution < -0.4 is 14.4 Å². The van der Waals surface area contributed by atoms with Crippen LogP contribution in [0.3, 0.4) is 0 Å². The van der Waals surface area contributed by atoms with Crippen molar-refractivity contribution in [2.24, 2.45) is 11.8 Å². The van der Waals surface area contributed by atoms with Crippen molar-refractivity contribution in [2.75, 3.05) is 36.4 Å². The summed E-state index contributed by atoms with van der Waals surface area (Å²) in [5.41, 5.74) is 0.868. The maximum Gasteiger partial charge on any atom is 0.264 e. The summed E-state index contributed by atoms with van der Waals surface area (Å²) in [6.07, 6.45) is 1.12. The number of nitrogens with one attached hydrogen (secondary N) is 1. The molecule has 0 aliphatic carbocycles. The van der Waals surface area contributed by atoms with Crippen LogP contribution in [0.5, 0.6) is 5.75 Å². The number of likely N-dealkylation sites (tertiary alicyclic amines) is 1. The highest BCUT2D eigenvalue weighted by Gasteiger charge is 2.30. The number of hydrogen-bond acceptors (Lipinski definition) is 5. The van der Waals surface area contributed by atoms with Gasteiger partial charge in [-0.2, -0.15) is 0 Å². The largest absolute Gasteiger partial charge is 0.495 e. The Labute approximate surface area is 201 Å². The summed E-state index contributed by atoms with van der Waals surface area (Å²) in [7, 11) is -2.39. The molecule has 1 fully saturated rings. The first-order valence-electron chi connectivity index (χ1n) is 11.5. The Balaban J connectivity index is 1.79. The number of para-hydroxylation sites is 1. The SMILES string of the molecule is CCN(c1ccccc1)S(=O)(=O)c1ccc(OC)c(NC(=O)C2CCN(C(=O)C(C)C)CC2)c1. The van der Waals surface area contributed by atoms with Crippen LogP contribution >= 0.6 is 0 Å². The van der Waals surface area contributed by atoms with Crippen LogP contribution in [0.2, 0.25) is 0 Å². The third kappa shape index (κ3) is 5.52. The molecule has 34 heavy (non-hydrogen) atoms.